The van der Waals surface area contributed by atoms with Gasteiger partial charge in [-0.05, 0) is 6.92 Å². The molecule has 0 aliphatic carbocycles. The lowest BCUT2D eigenvalue weighted by Crippen LogP contribution is -2.30. The predicted octanol–water partition coefficient (Wildman–Crippen LogP) is -0.164. The number of rotatable bonds is 3. The Morgan fingerprint density at radius 2 is 2.62 bits per heavy atom. The van der Waals surface area contributed by atoms with Crippen LogP contribution < -0.4 is 11.1 Å². The van der Waals surface area contributed by atoms with E-state index >= 15 is 0 Å². The second-order valence-corrected chi connectivity index (χ2v) is 3.52. The third kappa shape index (κ3) is 3.00. The molecule has 0 spiro atoms. The van der Waals surface area contributed by atoms with Crippen molar-refractivity contribution in [2.24, 2.45) is 0 Å². The molecule has 1 atom stereocenters. The highest BCUT2D eigenvalue weighted by molar-refractivity contribution is 7.13. The highest BCUT2D eigenvalue weighted by Gasteiger charge is 2.09. The molecule has 0 aliphatic heterocycles. The maximum absolute atomic E-state index is 11.2. The Balaban J connectivity index is 2.49. The van der Waals surface area contributed by atoms with Crippen LogP contribution in [0.25, 0.3) is 0 Å². The first kappa shape index (κ1) is 9.94. The van der Waals surface area contributed by atoms with Gasteiger partial charge in [-0.15, -0.1) is 11.3 Å². The number of aromatic nitrogens is 1. The number of nitrogens with two attached hydrogens (primary N) is 1. The van der Waals surface area contributed by atoms with Gasteiger partial charge in [0.05, 0.1) is 6.10 Å². The van der Waals surface area contributed by atoms with Crippen molar-refractivity contribution < 1.29 is 9.90 Å². The van der Waals surface area contributed by atoms with Crippen molar-refractivity contribution in [2.75, 3.05) is 12.3 Å². The van der Waals surface area contributed by atoms with Gasteiger partial charge in [0.25, 0.3) is 5.91 Å². The molecule has 72 valence electrons. The summed E-state index contributed by atoms with van der Waals surface area (Å²) in [6, 6.07) is 0. The summed E-state index contributed by atoms with van der Waals surface area (Å²) in [5, 5.41) is 13.3. The zero-order chi connectivity index (χ0) is 9.84. The first-order valence-electron chi connectivity index (χ1n) is 3.77. The molecule has 0 radical (unpaired) electrons. The summed E-state index contributed by atoms with van der Waals surface area (Å²) in [6.45, 7) is 1.81. The minimum atomic E-state index is -0.556. The summed E-state index contributed by atoms with van der Waals surface area (Å²) in [4.78, 5) is 15.0. The third-order valence-electron chi connectivity index (χ3n) is 1.31. The van der Waals surface area contributed by atoms with Crippen LogP contribution in [-0.4, -0.2) is 28.6 Å². The van der Waals surface area contributed by atoms with Gasteiger partial charge >= 0.3 is 0 Å². The lowest BCUT2D eigenvalue weighted by Gasteiger charge is -2.04. The molecule has 0 saturated heterocycles. The second kappa shape index (κ2) is 4.20. The smallest absolute Gasteiger partial charge is 0.270 e. The van der Waals surface area contributed by atoms with Crippen molar-refractivity contribution in [3.63, 3.8) is 0 Å². The van der Waals surface area contributed by atoms with E-state index < -0.39 is 6.10 Å². The Morgan fingerprint density at radius 1 is 1.92 bits per heavy atom. The van der Waals surface area contributed by atoms with Crippen LogP contribution in [-0.2, 0) is 0 Å². The van der Waals surface area contributed by atoms with Crippen molar-refractivity contribution >= 4 is 22.4 Å². The molecule has 4 N–H and O–H groups in total. The van der Waals surface area contributed by atoms with Crippen LogP contribution in [0.2, 0.25) is 0 Å². The second-order valence-electron chi connectivity index (χ2n) is 2.63. The van der Waals surface area contributed by atoms with Crippen molar-refractivity contribution in [3.05, 3.63) is 11.1 Å². The zero-order valence-corrected chi connectivity index (χ0v) is 7.97. The largest absolute Gasteiger partial charge is 0.392 e. The molecule has 13 heavy (non-hydrogen) atoms. The van der Waals surface area contributed by atoms with Crippen molar-refractivity contribution in [1.29, 1.82) is 0 Å². The summed E-state index contributed by atoms with van der Waals surface area (Å²) in [7, 11) is 0. The van der Waals surface area contributed by atoms with Crippen molar-refractivity contribution in [1.82, 2.24) is 10.3 Å². The lowest BCUT2D eigenvalue weighted by atomic mass is 10.4. The Hall–Kier alpha value is -1.14. The fourth-order valence-corrected chi connectivity index (χ4v) is 1.27. The van der Waals surface area contributed by atoms with E-state index in [0.717, 1.165) is 0 Å². The molecule has 0 bridgehead atoms. The molecule has 1 aromatic rings. The van der Waals surface area contributed by atoms with E-state index in [4.69, 9.17) is 10.8 Å². The molecule has 1 aromatic heterocycles. The number of nitrogen functional groups attached to an aromatic ring is 1. The van der Waals surface area contributed by atoms with Gasteiger partial charge in [-0.1, -0.05) is 0 Å². The topological polar surface area (TPSA) is 88.2 Å². The van der Waals surface area contributed by atoms with E-state index in [-0.39, 0.29) is 12.5 Å². The van der Waals surface area contributed by atoms with Crippen LogP contribution in [0.5, 0.6) is 0 Å². The Morgan fingerprint density at radius 3 is 3.08 bits per heavy atom. The fraction of sp³-hybridized carbons (Fsp3) is 0.429. The highest BCUT2D eigenvalue weighted by Crippen LogP contribution is 2.10. The van der Waals surface area contributed by atoms with Gasteiger partial charge in [0, 0.05) is 11.9 Å². The van der Waals surface area contributed by atoms with Gasteiger partial charge in [-0.25, -0.2) is 4.98 Å². The maximum Gasteiger partial charge on any atom is 0.270 e. The van der Waals surface area contributed by atoms with Gasteiger partial charge in [-0.2, -0.15) is 0 Å². The van der Waals surface area contributed by atoms with Gasteiger partial charge in [0.1, 0.15) is 5.69 Å². The number of carbonyl (C=O) groups is 1. The molecule has 0 fully saturated rings. The number of aliphatic hydroxyl groups is 1. The van der Waals surface area contributed by atoms with Gasteiger partial charge in [0.15, 0.2) is 5.13 Å². The number of hydrogen-bond donors (Lipinski definition) is 3. The normalized spacial score (nSPS) is 12.5. The third-order valence-corrected chi connectivity index (χ3v) is 1.99. The Labute approximate surface area is 79.6 Å². The maximum atomic E-state index is 11.2. The molecule has 0 aliphatic rings. The summed E-state index contributed by atoms with van der Waals surface area (Å²) in [5.41, 5.74) is 5.64. The van der Waals surface area contributed by atoms with Crippen LogP contribution >= 0.6 is 11.3 Å². The predicted molar refractivity (Wildman–Crippen MR) is 50.5 cm³/mol. The first-order chi connectivity index (χ1) is 6.09. The van der Waals surface area contributed by atoms with E-state index in [9.17, 15) is 4.79 Å². The number of nitrogens with zero attached hydrogens (tertiary/aromatic N) is 1. The van der Waals surface area contributed by atoms with Crippen LogP contribution in [0.15, 0.2) is 5.38 Å². The molecule has 5 nitrogen and oxygen atoms in total. The molecule has 0 unspecified atom stereocenters. The number of thiazole rings is 1. The van der Waals surface area contributed by atoms with Gasteiger partial charge in [0.2, 0.25) is 0 Å². The zero-order valence-electron chi connectivity index (χ0n) is 7.15. The number of nitrogens with one attached hydrogen (secondary N) is 1. The molecular weight excluding hydrogens is 190 g/mol. The van der Waals surface area contributed by atoms with E-state index in [1.807, 2.05) is 0 Å². The average molecular weight is 201 g/mol. The molecule has 1 heterocycles. The number of carbonyl (C=O) groups excluding carboxylic acids is 1. The van der Waals surface area contributed by atoms with E-state index in [1.54, 1.807) is 12.3 Å². The monoisotopic (exact) mass is 201 g/mol. The standard InChI is InChI=1S/C7H11N3O2S/c1-4(11)2-9-6(12)5-3-13-7(8)10-5/h3-4,11H,2H2,1H3,(H2,8,10)(H,9,12)/t4-/m1/s1. The van der Waals surface area contributed by atoms with Crippen molar-refractivity contribution in [3.8, 4) is 0 Å². The summed E-state index contributed by atoms with van der Waals surface area (Å²) >= 11 is 1.21. The molecule has 0 aromatic carbocycles. The first-order valence-corrected chi connectivity index (χ1v) is 4.65. The minimum Gasteiger partial charge on any atom is -0.392 e. The number of hydrogen-bond acceptors (Lipinski definition) is 5. The average Bonchev–Trinajstić information content (AvgIpc) is 2.47. The molecule has 1 amide bonds. The van der Waals surface area contributed by atoms with E-state index in [0.29, 0.717) is 10.8 Å². The number of amides is 1. The quantitative estimate of drug-likeness (QED) is 0.634. The summed E-state index contributed by atoms with van der Waals surface area (Å²) in [5.74, 6) is -0.311. The number of aliphatic hydroxyl groups excluding tert-OH is 1. The molecule has 1 rings (SSSR count). The summed E-state index contributed by atoms with van der Waals surface area (Å²) in [6.07, 6.45) is -0.556. The van der Waals surface area contributed by atoms with E-state index in [2.05, 4.69) is 10.3 Å². The molecule has 6 heteroatoms. The SMILES string of the molecule is C[C@@H](O)CNC(=O)c1csc(N)n1. The fourth-order valence-electron chi connectivity index (χ4n) is 0.723. The Bertz CT molecular complexity index is 298. The van der Waals surface area contributed by atoms with Crippen molar-refractivity contribution in [2.45, 2.75) is 13.0 Å². The Kier molecular flexibility index (Phi) is 3.21. The van der Waals surface area contributed by atoms with Crippen LogP contribution in [0.1, 0.15) is 17.4 Å². The van der Waals surface area contributed by atoms with Gasteiger partial charge < -0.3 is 16.2 Å². The van der Waals surface area contributed by atoms with Crippen LogP contribution in [0.3, 0.4) is 0 Å². The van der Waals surface area contributed by atoms with E-state index in [1.165, 1.54) is 11.3 Å². The minimum absolute atomic E-state index is 0.219. The molecular formula is C7H11N3O2S. The summed E-state index contributed by atoms with van der Waals surface area (Å²) < 4.78 is 0. The molecule has 0 saturated carbocycles. The van der Waals surface area contributed by atoms with Crippen LogP contribution in [0, 0.1) is 0 Å². The highest BCUT2D eigenvalue weighted by atomic mass is 32.1. The van der Waals surface area contributed by atoms with Crippen LogP contribution in [0.4, 0.5) is 5.13 Å². The van der Waals surface area contributed by atoms with Gasteiger partial charge in [-0.3, -0.25) is 4.79 Å². The lowest BCUT2D eigenvalue weighted by molar-refractivity contribution is 0.0920. The number of anilines is 1.